The van der Waals surface area contributed by atoms with Gasteiger partial charge in [-0.3, -0.25) is 0 Å². The van der Waals surface area contributed by atoms with Gasteiger partial charge in [0.05, 0.1) is 9.64 Å². The molecule has 0 aliphatic rings. The van der Waals surface area contributed by atoms with E-state index in [-0.39, 0.29) is 0 Å². The van der Waals surface area contributed by atoms with Crippen LogP contribution in [0.1, 0.15) is 36.1 Å². The van der Waals surface area contributed by atoms with E-state index in [1.165, 1.54) is 5.56 Å². The zero-order valence-corrected chi connectivity index (χ0v) is 18.3. The standard InChI is InChI=1S/C21H30O2SSi/c1-16-12-13-20(17(2)14-16)24(22,23)21(3,4)19-11-9-8-10-18(19)15-25(5,6)7/h8-14H,15H2,1-7H3. The topological polar surface area (TPSA) is 34.1 Å². The van der Waals surface area contributed by atoms with Crippen molar-refractivity contribution < 1.29 is 8.42 Å². The van der Waals surface area contributed by atoms with E-state index in [0.29, 0.717) is 4.90 Å². The number of sulfone groups is 1. The Labute approximate surface area is 154 Å². The van der Waals surface area contributed by atoms with Crippen LogP contribution in [-0.2, 0) is 20.6 Å². The molecule has 0 heterocycles. The highest BCUT2D eigenvalue weighted by Crippen LogP contribution is 2.38. The van der Waals surface area contributed by atoms with Crippen LogP contribution in [0.2, 0.25) is 19.6 Å². The van der Waals surface area contributed by atoms with E-state index in [1.54, 1.807) is 6.07 Å². The highest BCUT2D eigenvalue weighted by Gasteiger charge is 2.40. The van der Waals surface area contributed by atoms with Crippen molar-refractivity contribution in [3.05, 3.63) is 64.7 Å². The van der Waals surface area contributed by atoms with Crippen molar-refractivity contribution in [2.45, 2.75) is 63.0 Å². The normalized spacial score (nSPS) is 13.1. The van der Waals surface area contributed by atoms with E-state index in [1.807, 2.05) is 58.0 Å². The van der Waals surface area contributed by atoms with Crippen LogP contribution in [0.3, 0.4) is 0 Å². The van der Waals surface area contributed by atoms with Gasteiger partial charge in [0, 0.05) is 8.07 Å². The van der Waals surface area contributed by atoms with Crippen LogP contribution in [0.5, 0.6) is 0 Å². The van der Waals surface area contributed by atoms with Crippen LogP contribution in [0.15, 0.2) is 47.4 Å². The highest BCUT2D eigenvalue weighted by molar-refractivity contribution is 7.92. The summed E-state index contributed by atoms with van der Waals surface area (Å²) in [6.45, 7) is 14.5. The summed E-state index contributed by atoms with van der Waals surface area (Å²) in [5.74, 6) is 0. The molecule has 136 valence electrons. The van der Waals surface area contributed by atoms with Gasteiger partial charge in [0.2, 0.25) is 0 Å². The van der Waals surface area contributed by atoms with Gasteiger partial charge in [-0.1, -0.05) is 61.6 Å². The first-order chi connectivity index (χ1) is 11.4. The van der Waals surface area contributed by atoms with Gasteiger partial charge < -0.3 is 0 Å². The summed E-state index contributed by atoms with van der Waals surface area (Å²) >= 11 is 0. The number of rotatable bonds is 5. The maximum Gasteiger partial charge on any atom is 0.187 e. The summed E-state index contributed by atoms with van der Waals surface area (Å²) in [5, 5.41) is 0. The van der Waals surface area contributed by atoms with E-state index in [0.717, 1.165) is 22.7 Å². The van der Waals surface area contributed by atoms with Crippen molar-refractivity contribution in [3.8, 4) is 0 Å². The summed E-state index contributed by atoms with van der Waals surface area (Å²) in [7, 11) is -4.86. The third-order valence-electron chi connectivity index (χ3n) is 4.68. The van der Waals surface area contributed by atoms with Crippen LogP contribution in [0.25, 0.3) is 0 Å². The lowest BCUT2D eigenvalue weighted by atomic mass is 9.97. The first-order valence-corrected chi connectivity index (χ1v) is 14.0. The molecule has 2 aromatic carbocycles. The van der Waals surface area contributed by atoms with Crippen LogP contribution in [-0.4, -0.2) is 16.5 Å². The van der Waals surface area contributed by atoms with Crippen molar-refractivity contribution >= 4 is 17.9 Å². The molecule has 0 spiro atoms. The summed E-state index contributed by atoms with van der Waals surface area (Å²) in [5.41, 5.74) is 3.99. The summed E-state index contributed by atoms with van der Waals surface area (Å²) in [6, 6.07) is 14.6. The Hall–Kier alpha value is -1.39. The molecule has 4 heteroatoms. The second-order valence-electron chi connectivity index (χ2n) is 8.68. The smallest absolute Gasteiger partial charge is 0.187 e. The van der Waals surface area contributed by atoms with E-state index < -0.39 is 22.7 Å². The minimum atomic E-state index is -3.50. The zero-order valence-electron chi connectivity index (χ0n) is 16.5. The van der Waals surface area contributed by atoms with Gasteiger partial charge in [0.15, 0.2) is 9.84 Å². The average Bonchev–Trinajstić information content (AvgIpc) is 2.45. The molecule has 0 unspecified atom stereocenters. The summed E-state index contributed by atoms with van der Waals surface area (Å²) < 4.78 is 26.1. The molecule has 25 heavy (non-hydrogen) atoms. The lowest BCUT2D eigenvalue weighted by Crippen LogP contribution is -2.33. The van der Waals surface area contributed by atoms with Gasteiger partial charge in [0.25, 0.3) is 0 Å². The predicted octanol–water partition coefficient (Wildman–Crippen LogP) is 5.43. The van der Waals surface area contributed by atoms with Crippen LogP contribution < -0.4 is 0 Å². The minimum Gasteiger partial charge on any atom is -0.223 e. The molecule has 0 saturated heterocycles. The fourth-order valence-corrected chi connectivity index (χ4v) is 6.57. The fourth-order valence-electron chi connectivity index (χ4n) is 3.35. The molecule has 2 nitrogen and oxygen atoms in total. The molecule has 0 bridgehead atoms. The number of benzene rings is 2. The van der Waals surface area contributed by atoms with Crippen molar-refractivity contribution in [1.82, 2.24) is 0 Å². The molecule has 2 aromatic rings. The van der Waals surface area contributed by atoms with E-state index in [4.69, 9.17) is 0 Å². The maximum atomic E-state index is 13.5. The van der Waals surface area contributed by atoms with Crippen LogP contribution in [0, 0.1) is 13.8 Å². The number of hydrogen-bond donors (Lipinski definition) is 0. The molecule has 0 aromatic heterocycles. The number of aryl methyl sites for hydroxylation is 2. The first-order valence-electron chi connectivity index (χ1n) is 8.76. The molecule has 0 N–H and O–H groups in total. The molecule has 0 aliphatic carbocycles. The average molecular weight is 375 g/mol. The minimum absolute atomic E-state index is 0.436. The molecule has 0 fully saturated rings. The van der Waals surface area contributed by atoms with Gasteiger partial charge >= 0.3 is 0 Å². The van der Waals surface area contributed by atoms with Crippen LogP contribution in [0.4, 0.5) is 0 Å². The molecule has 0 aliphatic heterocycles. The molecule has 0 radical (unpaired) electrons. The quantitative estimate of drug-likeness (QED) is 0.654. The Balaban J connectivity index is 2.62. The lowest BCUT2D eigenvalue weighted by Gasteiger charge is -2.30. The molecule has 0 amide bonds. The molecular formula is C21H30O2SSi. The Bertz CT molecular complexity index is 875. The van der Waals surface area contributed by atoms with Crippen molar-refractivity contribution in [2.24, 2.45) is 0 Å². The maximum absolute atomic E-state index is 13.5. The van der Waals surface area contributed by atoms with E-state index in [2.05, 4.69) is 25.7 Å². The lowest BCUT2D eigenvalue weighted by molar-refractivity contribution is 0.553. The number of hydrogen-bond acceptors (Lipinski definition) is 2. The van der Waals surface area contributed by atoms with Gasteiger partial charge in [-0.05, 0) is 56.5 Å². The Morgan fingerprint density at radius 2 is 1.56 bits per heavy atom. The fraction of sp³-hybridized carbons (Fsp3) is 0.429. The highest BCUT2D eigenvalue weighted by atomic mass is 32.2. The third kappa shape index (κ3) is 4.06. The second-order valence-corrected chi connectivity index (χ2v) is 16.6. The molecule has 2 rings (SSSR count). The second kappa shape index (κ2) is 6.73. The molecule has 0 saturated carbocycles. The summed E-state index contributed by atoms with van der Waals surface area (Å²) in [6.07, 6.45) is 0. The third-order valence-corrected chi connectivity index (χ3v) is 8.72. The van der Waals surface area contributed by atoms with Crippen molar-refractivity contribution in [2.75, 3.05) is 0 Å². The SMILES string of the molecule is Cc1ccc(S(=O)(=O)C(C)(C)c2ccccc2C[Si](C)(C)C)c(C)c1. The van der Waals surface area contributed by atoms with Gasteiger partial charge in [-0.2, -0.15) is 0 Å². The Morgan fingerprint density at radius 1 is 0.960 bits per heavy atom. The zero-order chi connectivity index (χ0) is 19.0. The predicted molar refractivity (Wildman–Crippen MR) is 110 cm³/mol. The van der Waals surface area contributed by atoms with E-state index in [9.17, 15) is 8.42 Å². The monoisotopic (exact) mass is 374 g/mol. The first kappa shape index (κ1) is 19.9. The van der Waals surface area contributed by atoms with Gasteiger partial charge in [-0.25, -0.2) is 8.42 Å². The largest absolute Gasteiger partial charge is 0.223 e. The van der Waals surface area contributed by atoms with Gasteiger partial charge in [-0.15, -0.1) is 0 Å². The summed E-state index contributed by atoms with van der Waals surface area (Å²) in [4.78, 5) is 0.436. The molecule has 0 atom stereocenters. The van der Waals surface area contributed by atoms with Crippen molar-refractivity contribution in [3.63, 3.8) is 0 Å². The van der Waals surface area contributed by atoms with E-state index >= 15 is 0 Å². The van der Waals surface area contributed by atoms with Crippen molar-refractivity contribution in [1.29, 1.82) is 0 Å². The van der Waals surface area contributed by atoms with Crippen LogP contribution >= 0.6 is 0 Å². The Morgan fingerprint density at radius 3 is 2.12 bits per heavy atom. The Kier molecular flexibility index (Phi) is 5.36. The van der Waals surface area contributed by atoms with Gasteiger partial charge in [0.1, 0.15) is 0 Å². The molecular weight excluding hydrogens is 344 g/mol.